The van der Waals surface area contributed by atoms with Crippen LogP contribution in [0.1, 0.15) is 49.8 Å². The Morgan fingerprint density at radius 1 is 1.08 bits per heavy atom. The quantitative estimate of drug-likeness (QED) is 0.907. The SMILES string of the molecule is O=C(NC1CCN(c2cc3c(nn2)CCCC3)CC1)C1CCOCC1. The zero-order chi connectivity index (χ0) is 17.1. The molecule has 2 aliphatic heterocycles. The third kappa shape index (κ3) is 3.94. The molecule has 6 heteroatoms. The molecule has 3 aliphatic rings. The standard InChI is InChI=1S/C19H28N4O2/c24-19(14-7-11-25-12-8-14)20-16-5-9-23(10-6-16)18-13-15-3-1-2-4-17(15)21-22-18/h13-14,16H,1-12H2,(H,20,24). The molecular weight excluding hydrogens is 316 g/mol. The molecule has 0 saturated carbocycles. The Kier molecular flexibility index (Phi) is 5.15. The second-order valence-electron chi connectivity index (χ2n) is 7.54. The van der Waals surface area contributed by atoms with Crippen molar-refractivity contribution >= 4 is 11.7 Å². The zero-order valence-electron chi connectivity index (χ0n) is 14.9. The monoisotopic (exact) mass is 344 g/mol. The lowest BCUT2D eigenvalue weighted by Gasteiger charge is -2.34. The van der Waals surface area contributed by atoms with Crippen molar-refractivity contribution in [3.05, 3.63) is 17.3 Å². The van der Waals surface area contributed by atoms with Crippen LogP contribution in [0.4, 0.5) is 5.82 Å². The Morgan fingerprint density at radius 2 is 1.84 bits per heavy atom. The van der Waals surface area contributed by atoms with E-state index < -0.39 is 0 Å². The number of amides is 1. The molecule has 4 rings (SSSR count). The fourth-order valence-corrected chi connectivity index (χ4v) is 4.16. The molecule has 1 N–H and O–H groups in total. The summed E-state index contributed by atoms with van der Waals surface area (Å²) in [6, 6.07) is 2.53. The fraction of sp³-hybridized carbons (Fsp3) is 0.737. The number of carbonyl (C=O) groups excluding carboxylic acids is 1. The number of aromatic nitrogens is 2. The number of rotatable bonds is 3. The topological polar surface area (TPSA) is 67.4 Å². The van der Waals surface area contributed by atoms with Crippen LogP contribution in [0.2, 0.25) is 0 Å². The first-order chi connectivity index (χ1) is 12.3. The molecule has 3 heterocycles. The summed E-state index contributed by atoms with van der Waals surface area (Å²) in [6.07, 6.45) is 8.38. The van der Waals surface area contributed by atoms with Gasteiger partial charge in [0, 0.05) is 38.3 Å². The van der Waals surface area contributed by atoms with Crippen LogP contribution in [0.25, 0.3) is 0 Å². The second-order valence-corrected chi connectivity index (χ2v) is 7.54. The summed E-state index contributed by atoms with van der Waals surface area (Å²) < 4.78 is 5.34. The van der Waals surface area contributed by atoms with Gasteiger partial charge in [-0.1, -0.05) is 0 Å². The summed E-state index contributed by atoms with van der Waals surface area (Å²) in [7, 11) is 0. The van der Waals surface area contributed by atoms with Crippen molar-refractivity contribution in [1.29, 1.82) is 0 Å². The van der Waals surface area contributed by atoms with Gasteiger partial charge >= 0.3 is 0 Å². The van der Waals surface area contributed by atoms with Crippen LogP contribution >= 0.6 is 0 Å². The predicted molar refractivity (Wildman–Crippen MR) is 95.6 cm³/mol. The molecule has 0 bridgehead atoms. The maximum absolute atomic E-state index is 12.4. The van der Waals surface area contributed by atoms with Gasteiger partial charge in [0.2, 0.25) is 5.91 Å². The highest BCUT2D eigenvalue weighted by Gasteiger charge is 2.27. The van der Waals surface area contributed by atoms with E-state index in [2.05, 4.69) is 26.5 Å². The van der Waals surface area contributed by atoms with Crippen molar-refractivity contribution in [2.45, 2.75) is 57.4 Å². The summed E-state index contributed by atoms with van der Waals surface area (Å²) >= 11 is 0. The van der Waals surface area contributed by atoms with Crippen molar-refractivity contribution < 1.29 is 9.53 Å². The first-order valence-corrected chi connectivity index (χ1v) is 9.78. The van der Waals surface area contributed by atoms with Gasteiger partial charge in [0.1, 0.15) is 0 Å². The summed E-state index contributed by atoms with van der Waals surface area (Å²) in [5.74, 6) is 1.36. The molecular formula is C19H28N4O2. The Morgan fingerprint density at radius 3 is 2.64 bits per heavy atom. The Hall–Kier alpha value is -1.69. The van der Waals surface area contributed by atoms with Crippen LogP contribution in [0, 0.1) is 5.92 Å². The molecule has 136 valence electrons. The minimum atomic E-state index is 0.137. The first kappa shape index (κ1) is 16.8. The van der Waals surface area contributed by atoms with Crippen LogP contribution in [0.15, 0.2) is 6.07 Å². The van der Waals surface area contributed by atoms with E-state index >= 15 is 0 Å². The molecule has 0 aromatic carbocycles. The molecule has 2 saturated heterocycles. The minimum absolute atomic E-state index is 0.137. The molecule has 0 spiro atoms. The maximum atomic E-state index is 12.4. The molecule has 0 unspecified atom stereocenters. The highest BCUT2D eigenvalue weighted by Crippen LogP contribution is 2.24. The molecule has 1 aromatic heterocycles. The minimum Gasteiger partial charge on any atom is -0.381 e. The van der Waals surface area contributed by atoms with E-state index in [1.165, 1.54) is 24.1 Å². The maximum Gasteiger partial charge on any atom is 0.223 e. The number of nitrogens with zero attached hydrogens (tertiary/aromatic N) is 3. The highest BCUT2D eigenvalue weighted by atomic mass is 16.5. The van der Waals surface area contributed by atoms with E-state index in [9.17, 15) is 4.79 Å². The van der Waals surface area contributed by atoms with Gasteiger partial charge in [-0.3, -0.25) is 4.79 Å². The van der Waals surface area contributed by atoms with Gasteiger partial charge in [0.15, 0.2) is 5.82 Å². The Bertz CT molecular complexity index is 607. The number of anilines is 1. The van der Waals surface area contributed by atoms with E-state index in [-0.39, 0.29) is 17.9 Å². The van der Waals surface area contributed by atoms with Gasteiger partial charge in [-0.05, 0) is 63.0 Å². The Balaban J connectivity index is 1.30. The molecule has 2 fully saturated rings. The van der Waals surface area contributed by atoms with Gasteiger partial charge in [-0.25, -0.2) is 0 Å². The summed E-state index contributed by atoms with van der Waals surface area (Å²) in [4.78, 5) is 14.7. The molecule has 0 atom stereocenters. The van der Waals surface area contributed by atoms with Crippen LogP contribution in [0.5, 0.6) is 0 Å². The second kappa shape index (κ2) is 7.68. The third-order valence-corrected chi connectivity index (χ3v) is 5.81. The average Bonchev–Trinajstić information content (AvgIpc) is 2.69. The molecule has 1 aliphatic carbocycles. The summed E-state index contributed by atoms with van der Waals surface area (Å²) in [6.45, 7) is 3.31. The van der Waals surface area contributed by atoms with Gasteiger partial charge < -0.3 is 15.0 Å². The van der Waals surface area contributed by atoms with Gasteiger partial charge in [-0.15, -0.1) is 5.10 Å². The van der Waals surface area contributed by atoms with Crippen LogP contribution in [-0.2, 0) is 22.4 Å². The van der Waals surface area contributed by atoms with Gasteiger partial charge in [0.05, 0.1) is 5.69 Å². The van der Waals surface area contributed by atoms with Gasteiger partial charge in [0.25, 0.3) is 0 Å². The van der Waals surface area contributed by atoms with Gasteiger partial charge in [-0.2, -0.15) is 5.10 Å². The molecule has 6 nitrogen and oxygen atoms in total. The number of hydrogen-bond acceptors (Lipinski definition) is 5. The van der Waals surface area contributed by atoms with Crippen molar-refractivity contribution in [3.8, 4) is 0 Å². The lowest BCUT2D eigenvalue weighted by Crippen LogP contribution is -2.47. The third-order valence-electron chi connectivity index (χ3n) is 5.81. The van der Waals surface area contributed by atoms with Crippen molar-refractivity contribution in [3.63, 3.8) is 0 Å². The van der Waals surface area contributed by atoms with Crippen molar-refractivity contribution in [2.24, 2.45) is 5.92 Å². The van der Waals surface area contributed by atoms with Crippen molar-refractivity contribution in [2.75, 3.05) is 31.2 Å². The van der Waals surface area contributed by atoms with E-state index in [1.807, 2.05) is 0 Å². The predicted octanol–water partition coefficient (Wildman–Crippen LogP) is 1.87. The number of nitrogens with one attached hydrogen (secondary N) is 1. The smallest absolute Gasteiger partial charge is 0.223 e. The van der Waals surface area contributed by atoms with E-state index in [1.54, 1.807) is 0 Å². The largest absolute Gasteiger partial charge is 0.381 e. The lowest BCUT2D eigenvalue weighted by molar-refractivity contribution is -0.128. The van der Waals surface area contributed by atoms with Crippen LogP contribution < -0.4 is 10.2 Å². The number of ether oxygens (including phenoxy) is 1. The fourth-order valence-electron chi connectivity index (χ4n) is 4.16. The molecule has 0 radical (unpaired) electrons. The summed E-state index contributed by atoms with van der Waals surface area (Å²) in [5.41, 5.74) is 2.57. The number of piperidine rings is 1. The van der Waals surface area contributed by atoms with Crippen LogP contribution in [-0.4, -0.2) is 48.4 Å². The van der Waals surface area contributed by atoms with Crippen LogP contribution in [0.3, 0.4) is 0 Å². The first-order valence-electron chi connectivity index (χ1n) is 9.78. The van der Waals surface area contributed by atoms with E-state index in [0.29, 0.717) is 13.2 Å². The number of fused-ring (bicyclic) bond motifs is 1. The molecule has 1 aromatic rings. The number of aryl methyl sites for hydroxylation is 2. The normalized spacial score (nSPS) is 22.5. The van der Waals surface area contributed by atoms with E-state index in [0.717, 1.165) is 57.4 Å². The van der Waals surface area contributed by atoms with E-state index in [4.69, 9.17) is 4.74 Å². The lowest BCUT2D eigenvalue weighted by atomic mass is 9.96. The number of hydrogen-bond donors (Lipinski definition) is 1. The zero-order valence-corrected chi connectivity index (χ0v) is 14.9. The Labute approximate surface area is 149 Å². The molecule has 25 heavy (non-hydrogen) atoms. The average molecular weight is 344 g/mol. The summed E-state index contributed by atoms with van der Waals surface area (Å²) in [5, 5.41) is 12.2. The number of carbonyl (C=O) groups is 1. The molecule has 1 amide bonds. The van der Waals surface area contributed by atoms with Crippen molar-refractivity contribution in [1.82, 2.24) is 15.5 Å². The highest BCUT2D eigenvalue weighted by molar-refractivity contribution is 5.79.